The number of hydrogen-bond donors (Lipinski definition) is 1. The first-order valence-electron chi connectivity index (χ1n) is 7.49. The minimum atomic E-state index is 0.522. The summed E-state index contributed by atoms with van der Waals surface area (Å²) in [6.45, 7) is 1.88. The van der Waals surface area contributed by atoms with Gasteiger partial charge in [0.2, 0.25) is 0 Å². The van der Waals surface area contributed by atoms with Crippen LogP contribution in [-0.4, -0.2) is 24.5 Å². The zero-order valence-electron chi connectivity index (χ0n) is 12.3. The third-order valence-electron chi connectivity index (χ3n) is 4.29. The fourth-order valence-corrected chi connectivity index (χ4v) is 3.16. The number of aryl methyl sites for hydroxylation is 1. The first-order chi connectivity index (χ1) is 10.2. The number of likely N-dealkylation sites (N-methyl/N-ethyl adjacent to an activating group) is 1. The molecule has 1 aliphatic heterocycles. The summed E-state index contributed by atoms with van der Waals surface area (Å²) in [7, 11) is 2.19. The lowest BCUT2D eigenvalue weighted by molar-refractivity contribution is 0.233. The minimum Gasteiger partial charge on any atom is -0.383 e. The van der Waals surface area contributed by atoms with E-state index in [1.807, 2.05) is 12.1 Å². The van der Waals surface area contributed by atoms with Crippen molar-refractivity contribution in [1.82, 2.24) is 4.90 Å². The molecule has 0 aliphatic carbocycles. The van der Waals surface area contributed by atoms with E-state index in [0.29, 0.717) is 6.04 Å². The summed E-state index contributed by atoms with van der Waals surface area (Å²) in [5, 5.41) is 4.44. The second kappa shape index (κ2) is 6.50. The van der Waals surface area contributed by atoms with Gasteiger partial charge in [0.1, 0.15) is 0 Å². The van der Waals surface area contributed by atoms with Gasteiger partial charge in [-0.2, -0.15) is 0 Å². The van der Waals surface area contributed by atoms with Gasteiger partial charge in [0.05, 0.1) is 0 Å². The van der Waals surface area contributed by atoms with E-state index in [4.69, 9.17) is 11.6 Å². The maximum absolute atomic E-state index is 6.27. The highest BCUT2D eigenvalue weighted by molar-refractivity contribution is 6.31. The highest BCUT2D eigenvalue weighted by Gasteiger charge is 2.19. The van der Waals surface area contributed by atoms with Crippen molar-refractivity contribution in [3.63, 3.8) is 0 Å². The van der Waals surface area contributed by atoms with Gasteiger partial charge < -0.3 is 5.32 Å². The van der Waals surface area contributed by atoms with E-state index >= 15 is 0 Å². The number of nitrogens with zero attached hydrogens (tertiary/aromatic N) is 1. The number of hydrogen-bond acceptors (Lipinski definition) is 2. The Morgan fingerprint density at radius 3 is 2.76 bits per heavy atom. The summed E-state index contributed by atoms with van der Waals surface area (Å²) in [6.07, 6.45) is 2.30. The van der Waals surface area contributed by atoms with Crippen LogP contribution in [0.15, 0.2) is 48.5 Å². The Balaban J connectivity index is 1.67. The molecular formula is C18H21ClN2. The number of halogens is 1. The molecule has 3 rings (SSSR count). The van der Waals surface area contributed by atoms with E-state index in [-0.39, 0.29) is 0 Å². The van der Waals surface area contributed by atoms with Gasteiger partial charge in [0.25, 0.3) is 0 Å². The van der Waals surface area contributed by atoms with Gasteiger partial charge in [-0.1, -0.05) is 48.0 Å². The lowest BCUT2D eigenvalue weighted by atomic mass is 10.0. The monoisotopic (exact) mass is 300 g/mol. The summed E-state index contributed by atoms with van der Waals surface area (Å²) in [5.41, 5.74) is 3.90. The van der Waals surface area contributed by atoms with Gasteiger partial charge >= 0.3 is 0 Å². The molecule has 0 spiro atoms. The van der Waals surface area contributed by atoms with Crippen LogP contribution in [0, 0.1) is 0 Å². The molecule has 3 heteroatoms. The molecule has 0 amide bonds. The quantitative estimate of drug-likeness (QED) is 0.914. The zero-order chi connectivity index (χ0) is 14.7. The fraction of sp³-hybridized carbons (Fsp3) is 0.333. The van der Waals surface area contributed by atoms with Crippen molar-refractivity contribution in [3.8, 4) is 0 Å². The van der Waals surface area contributed by atoms with Crippen LogP contribution in [0.2, 0.25) is 5.02 Å². The molecule has 0 aromatic heterocycles. The molecule has 0 radical (unpaired) electrons. The Hall–Kier alpha value is -1.51. The average molecular weight is 301 g/mol. The smallest absolute Gasteiger partial charge is 0.0451 e. The van der Waals surface area contributed by atoms with E-state index in [0.717, 1.165) is 24.5 Å². The van der Waals surface area contributed by atoms with Crippen molar-refractivity contribution in [2.24, 2.45) is 0 Å². The second-order valence-corrected chi connectivity index (χ2v) is 6.14. The molecule has 1 N–H and O–H groups in total. The van der Waals surface area contributed by atoms with Crippen LogP contribution in [-0.2, 0) is 13.0 Å². The van der Waals surface area contributed by atoms with Crippen LogP contribution in [0.1, 0.15) is 17.5 Å². The normalized spacial score (nSPS) is 18.0. The van der Waals surface area contributed by atoms with E-state index in [2.05, 4.69) is 53.7 Å². The molecule has 0 bridgehead atoms. The molecule has 0 saturated carbocycles. The number of benzene rings is 2. The first kappa shape index (κ1) is 14.4. The SMILES string of the molecule is CN(Cc1ccccc1Cl)C1CCc2ccccc2NC1. The highest BCUT2D eigenvalue weighted by Crippen LogP contribution is 2.24. The van der Waals surface area contributed by atoms with Crippen LogP contribution < -0.4 is 5.32 Å². The van der Waals surface area contributed by atoms with Crippen molar-refractivity contribution in [2.45, 2.75) is 25.4 Å². The van der Waals surface area contributed by atoms with Gasteiger partial charge in [-0.3, -0.25) is 4.90 Å². The Morgan fingerprint density at radius 1 is 1.14 bits per heavy atom. The maximum atomic E-state index is 6.27. The average Bonchev–Trinajstić information content (AvgIpc) is 2.72. The largest absolute Gasteiger partial charge is 0.383 e. The third-order valence-corrected chi connectivity index (χ3v) is 4.66. The van der Waals surface area contributed by atoms with Gasteiger partial charge in [-0.15, -0.1) is 0 Å². The molecule has 1 heterocycles. The van der Waals surface area contributed by atoms with Crippen molar-refractivity contribution in [1.29, 1.82) is 0 Å². The van der Waals surface area contributed by atoms with Crippen molar-refractivity contribution < 1.29 is 0 Å². The molecule has 2 aromatic rings. The van der Waals surface area contributed by atoms with Crippen LogP contribution in [0.5, 0.6) is 0 Å². The summed E-state index contributed by atoms with van der Waals surface area (Å²) in [6, 6.07) is 17.2. The Labute approximate surface area is 131 Å². The van der Waals surface area contributed by atoms with Gasteiger partial charge in [-0.05, 0) is 43.1 Å². The molecule has 2 nitrogen and oxygen atoms in total. The molecule has 2 aromatic carbocycles. The maximum Gasteiger partial charge on any atom is 0.0451 e. The van der Waals surface area contributed by atoms with Crippen LogP contribution in [0.25, 0.3) is 0 Å². The van der Waals surface area contributed by atoms with E-state index < -0.39 is 0 Å². The predicted molar refractivity (Wildman–Crippen MR) is 90.0 cm³/mol. The minimum absolute atomic E-state index is 0.522. The van der Waals surface area contributed by atoms with E-state index in [1.165, 1.54) is 23.2 Å². The molecule has 1 atom stereocenters. The standard InChI is InChI=1S/C18H21ClN2/c1-21(13-15-7-2-4-8-17(15)19)16-11-10-14-6-3-5-9-18(14)20-12-16/h2-9,16,20H,10-13H2,1H3. The second-order valence-electron chi connectivity index (χ2n) is 5.74. The molecular weight excluding hydrogens is 280 g/mol. The third kappa shape index (κ3) is 3.39. The molecule has 1 aliphatic rings. The first-order valence-corrected chi connectivity index (χ1v) is 7.87. The topological polar surface area (TPSA) is 15.3 Å². The Kier molecular flexibility index (Phi) is 4.47. The summed E-state index contributed by atoms with van der Waals surface area (Å²) in [5.74, 6) is 0. The predicted octanol–water partition coefficient (Wildman–Crippen LogP) is 4.20. The Bertz CT molecular complexity index is 585. The summed E-state index contributed by atoms with van der Waals surface area (Å²) in [4.78, 5) is 2.40. The van der Waals surface area contributed by atoms with Crippen molar-refractivity contribution in [2.75, 3.05) is 18.9 Å². The van der Waals surface area contributed by atoms with Gasteiger partial charge in [0.15, 0.2) is 0 Å². The fourth-order valence-electron chi connectivity index (χ4n) is 2.96. The van der Waals surface area contributed by atoms with Crippen LogP contribution in [0.4, 0.5) is 5.69 Å². The lowest BCUT2D eigenvalue weighted by Gasteiger charge is -2.27. The van der Waals surface area contributed by atoms with Crippen molar-refractivity contribution in [3.05, 3.63) is 64.7 Å². The molecule has 110 valence electrons. The molecule has 1 unspecified atom stereocenters. The number of fused-ring (bicyclic) bond motifs is 1. The highest BCUT2D eigenvalue weighted by atomic mass is 35.5. The number of anilines is 1. The summed E-state index contributed by atoms with van der Waals surface area (Å²) < 4.78 is 0. The molecule has 0 fully saturated rings. The van der Waals surface area contributed by atoms with E-state index in [9.17, 15) is 0 Å². The lowest BCUT2D eigenvalue weighted by Crippen LogP contribution is -2.36. The Morgan fingerprint density at radius 2 is 1.90 bits per heavy atom. The number of para-hydroxylation sites is 1. The number of rotatable bonds is 3. The van der Waals surface area contributed by atoms with Gasteiger partial charge in [0, 0.05) is 29.8 Å². The number of nitrogens with one attached hydrogen (secondary N) is 1. The molecule has 21 heavy (non-hydrogen) atoms. The van der Waals surface area contributed by atoms with Gasteiger partial charge in [-0.25, -0.2) is 0 Å². The summed E-state index contributed by atoms with van der Waals surface area (Å²) >= 11 is 6.27. The molecule has 0 saturated heterocycles. The zero-order valence-corrected chi connectivity index (χ0v) is 13.1. The van der Waals surface area contributed by atoms with Crippen LogP contribution >= 0.6 is 11.6 Å². The van der Waals surface area contributed by atoms with Crippen molar-refractivity contribution >= 4 is 17.3 Å². The van der Waals surface area contributed by atoms with Crippen LogP contribution in [0.3, 0.4) is 0 Å². The van der Waals surface area contributed by atoms with E-state index in [1.54, 1.807) is 0 Å².